The maximum absolute atomic E-state index is 9.10. The smallest absolute Gasteiger partial charge is 0.414 e. The third kappa shape index (κ3) is 12.1. The minimum absolute atomic E-state index is 0.0120. The van der Waals surface area contributed by atoms with E-state index in [0.717, 1.165) is 108 Å². The fraction of sp³-hybridized carbons (Fsp3) is 0.360. The Morgan fingerprint density at radius 2 is 1.06 bits per heavy atom. The van der Waals surface area contributed by atoms with Gasteiger partial charge >= 0.3 is 11.9 Å². The molecule has 0 radical (unpaired) electrons. The Hall–Kier alpha value is -7.84. The number of carbonyl (C=O) groups is 2. The Labute approximate surface area is 402 Å². The lowest BCUT2D eigenvalue weighted by molar-refractivity contribution is -0.159. The number of oxime groups is 2. The summed E-state index contributed by atoms with van der Waals surface area (Å²) in [6.45, 7) is 3.58. The number of H-pyrrole nitrogens is 2. The Kier molecular flexibility index (Phi) is 16.0. The number of aromatic nitrogens is 2. The normalized spacial score (nSPS) is 16.0. The van der Waals surface area contributed by atoms with E-state index in [9.17, 15) is 0 Å². The second kappa shape index (κ2) is 23.0. The maximum Gasteiger partial charge on any atom is 0.414 e. The Balaban J connectivity index is 0.000000169. The summed E-state index contributed by atoms with van der Waals surface area (Å²) in [5.74, 6) is 2.23. The number of aliphatic carboxylic acids is 2. The van der Waals surface area contributed by atoms with Gasteiger partial charge in [-0.25, -0.2) is 9.59 Å². The number of rotatable bonds is 18. The van der Waals surface area contributed by atoms with Gasteiger partial charge in [0.15, 0.2) is 23.0 Å². The van der Waals surface area contributed by atoms with Crippen molar-refractivity contribution in [3.8, 4) is 46.0 Å². The van der Waals surface area contributed by atoms with Crippen molar-refractivity contribution in [2.24, 2.45) is 10.3 Å². The van der Waals surface area contributed by atoms with Gasteiger partial charge in [-0.2, -0.15) is 0 Å². The molecule has 10 rings (SSSR count). The number of hydrogen-bond acceptors (Lipinski definition) is 16. The van der Waals surface area contributed by atoms with Crippen LogP contribution in [0.15, 0.2) is 83.4 Å². The Morgan fingerprint density at radius 3 is 1.46 bits per heavy atom. The minimum atomic E-state index is -1.82. The van der Waals surface area contributed by atoms with Crippen LogP contribution in [-0.4, -0.2) is 124 Å². The average Bonchev–Trinajstić information content (AvgIpc) is 4.25. The summed E-state index contributed by atoms with van der Waals surface area (Å²) in [6.07, 6.45) is 9.06. The fourth-order valence-corrected chi connectivity index (χ4v) is 8.42. The molecular formula is C50H56N6O14. The summed E-state index contributed by atoms with van der Waals surface area (Å²) < 4.78 is 43.5. The van der Waals surface area contributed by atoms with Crippen molar-refractivity contribution in [3.63, 3.8) is 0 Å². The molecule has 4 aliphatic rings. The van der Waals surface area contributed by atoms with Crippen LogP contribution < -0.4 is 48.5 Å². The quantitative estimate of drug-likeness (QED) is 0.0426. The zero-order valence-electron chi connectivity index (χ0n) is 39.3. The van der Waals surface area contributed by atoms with Gasteiger partial charge in [0.05, 0.1) is 39.9 Å². The summed E-state index contributed by atoms with van der Waals surface area (Å²) in [6, 6.07) is 20.1. The molecule has 0 bridgehead atoms. The first-order chi connectivity index (χ1) is 34.1. The predicted octanol–water partition coefficient (Wildman–Crippen LogP) is 6.02. The van der Waals surface area contributed by atoms with E-state index in [4.69, 9.17) is 67.4 Å². The van der Waals surface area contributed by atoms with Crippen molar-refractivity contribution in [1.29, 1.82) is 0 Å². The lowest BCUT2D eigenvalue weighted by atomic mass is 10.0. The number of aromatic amines is 2. The van der Waals surface area contributed by atoms with Crippen molar-refractivity contribution in [3.05, 3.63) is 95.3 Å². The van der Waals surface area contributed by atoms with E-state index in [1.54, 1.807) is 28.4 Å². The third-order valence-corrected chi connectivity index (χ3v) is 11.9. The lowest BCUT2D eigenvalue weighted by Crippen LogP contribution is -2.25. The molecule has 4 aromatic carbocycles. The van der Waals surface area contributed by atoms with Crippen molar-refractivity contribution in [1.82, 2.24) is 20.6 Å². The van der Waals surface area contributed by atoms with Gasteiger partial charge in [-0.15, -0.1) is 0 Å². The zero-order chi connectivity index (χ0) is 49.0. The first kappa shape index (κ1) is 48.6. The van der Waals surface area contributed by atoms with Crippen molar-refractivity contribution in [2.75, 3.05) is 68.2 Å². The summed E-state index contributed by atoms with van der Waals surface area (Å²) in [5.41, 5.74) is 9.00. The molecular weight excluding hydrogens is 909 g/mol. The Morgan fingerprint density at radius 1 is 0.614 bits per heavy atom. The molecule has 0 fully saturated rings. The van der Waals surface area contributed by atoms with Crippen molar-refractivity contribution < 1.29 is 67.4 Å². The van der Waals surface area contributed by atoms with Crippen LogP contribution in [0.25, 0.3) is 21.8 Å². The number of nitrogens with zero attached hydrogens (tertiary/aromatic N) is 2. The van der Waals surface area contributed by atoms with Crippen LogP contribution >= 0.6 is 0 Å². The monoisotopic (exact) mass is 964 g/mol. The standard InChI is InChI=1S/2C24H27N3O5.C2H2O4/c2*1-28-18-3-4-21-20(11-18)16(12-26-21)5-6-25-13-17-10-19(32-27-17)7-15-8-22(29-2)24-23(9-15)30-14-31-24;3-1(4)2(5)6/h2*3-4,8-9,11-12,19,25-26H,5-7,10,13-14H2,1-2H3;(H,3,4)(H,5,6). The van der Waals surface area contributed by atoms with Crippen LogP contribution in [0.2, 0.25) is 0 Å². The lowest BCUT2D eigenvalue weighted by Gasteiger charge is -2.11. The van der Waals surface area contributed by atoms with Gasteiger partial charge in [-0.1, -0.05) is 10.3 Å². The van der Waals surface area contributed by atoms with E-state index in [2.05, 4.69) is 55.4 Å². The van der Waals surface area contributed by atoms with E-state index < -0.39 is 11.9 Å². The van der Waals surface area contributed by atoms with E-state index in [0.29, 0.717) is 36.1 Å². The molecule has 0 aliphatic carbocycles. The summed E-state index contributed by atoms with van der Waals surface area (Å²) in [5, 5.41) is 32.7. The number of hydrogen-bond donors (Lipinski definition) is 6. The summed E-state index contributed by atoms with van der Waals surface area (Å²) >= 11 is 0. The molecule has 0 saturated carbocycles. The SMILES string of the molecule is COc1ccc2[nH]cc(CCNCC3=NOC(Cc4cc(OC)c5c(c4)OCO5)C3)c2c1.COc1ccc2[nH]cc(CCNCC3=NOC(Cc4cc(OC)c5c(c4)OCO5)C3)c2c1.O=C(O)C(=O)O. The van der Waals surface area contributed by atoms with Gasteiger partial charge in [0.1, 0.15) is 23.7 Å². The second-order valence-corrected chi connectivity index (χ2v) is 16.6. The van der Waals surface area contributed by atoms with Crippen LogP contribution in [0.3, 0.4) is 0 Å². The number of fused-ring (bicyclic) bond motifs is 4. The largest absolute Gasteiger partial charge is 0.497 e. The number of nitrogens with one attached hydrogen (secondary N) is 4. The second-order valence-electron chi connectivity index (χ2n) is 16.6. The van der Waals surface area contributed by atoms with Gasteiger partial charge < -0.3 is 78.4 Å². The van der Waals surface area contributed by atoms with Gasteiger partial charge in [-0.3, -0.25) is 0 Å². The molecule has 2 unspecified atom stereocenters. The van der Waals surface area contributed by atoms with E-state index >= 15 is 0 Å². The molecule has 0 saturated heterocycles. The van der Waals surface area contributed by atoms with Gasteiger partial charge in [-0.05, 0) is 109 Å². The number of methoxy groups -OCH3 is 4. The third-order valence-electron chi connectivity index (χ3n) is 11.9. The number of ether oxygens (including phenoxy) is 8. The van der Waals surface area contributed by atoms with E-state index in [1.165, 1.54) is 21.9 Å². The first-order valence-electron chi connectivity index (χ1n) is 22.6. The summed E-state index contributed by atoms with van der Waals surface area (Å²) in [7, 11) is 6.64. The van der Waals surface area contributed by atoms with Crippen molar-refractivity contribution in [2.45, 2.75) is 50.7 Å². The Bertz CT molecular complexity index is 2670. The predicted molar refractivity (Wildman–Crippen MR) is 258 cm³/mol. The number of carboxylic acids is 2. The maximum atomic E-state index is 9.10. The van der Waals surface area contributed by atoms with Crippen LogP contribution in [0, 0.1) is 0 Å². The highest BCUT2D eigenvalue weighted by molar-refractivity contribution is 6.27. The molecule has 6 N–H and O–H groups in total. The molecule has 0 spiro atoms. The van der Waals surface area contributed by atoms with Crippen LogP contribution in [-0.2, 0) is 44.9 Å². The molecule has 2 aromatic heterocycles. The first-order valence-corrected chi connectivity index (χ1v) is 22.6. The summed E-state index contributed by atoms with van der Waals surface area (Å²) in [4.78, 5) is 36.2. The molecule has 370 valence electrons. The number of benzene rings is 4. The highest BCUT2D eigenvalue weighted by Crippen LogP contribution is 2.43. The van der Waals surface area contributed by atoms with Crippen LogP contribution in [0.4, 0.5) is 0 Å². The fourth-order valence-electron chi connectivity index (χ4n) is 8.42. The highest BCUT2D eigenvalue weighted by Gasteiger charge is 2.27. The van der Waals surface area contributed by atoms with Crippen LogP contribution in [0.5, 0.6) is 46.0 Å². The van der Waals surface area contributed by atoms with Crippen molar-refractivity contribution >= 4 is 45.2 Å². The van der Waals surface area contributed by atoms with Gasteiger partial charge in [0.25, 0.3) is 0 Å². The number of carboxylic acid groups (broad SMARTS) is 2. The van der Waals surface area contributed by atoms with E-state index in [-0.39, 0.29) is 25.8 Å². The molecule has 6 aromatic rings. The molecule has 70 heavy (non-hydrogen) atoms. The molecule has 20 nitrogen and oxygen atoms in total. The topological polar surface area (TPSA) is 247 Å². The molecule has 20 heteroatoms. The van der Waals surface area contributed by atoms with Gasteiger partial charge in [0.2, 0.25) is 25.1 Å². The van der Waals surface area contributed by atoms with Crippen LogP contribution in [0.1, 0.15) is 35.1 Å². The van der Waals surface area contributed by atoms with E-state index in [1.807, 2.05) is 48.5 Å². The van der Waals surface area contributed by atoms with Gasteiger partial charge in [0, 0.05) is 73.0 Å². The molecule has 4 aliphatic heterocycles. The minimum Gasteiger partial charge on any atom is -0.497 e. The zero-order valence-corrected chi connectivity index (χ0v) is 39.3. The molecule has 0 amide bonds. The average molecular weight is 965 g/mol. The molecule has 6 heterocycles. The molecule has 2 atom stereocenters. The highest BCUT2D eigenvalue weighted by atomic mass is 16.7.